The third kappa shape index (κ3) is 1.27. The molecule has 1 aliphatic rings. The Kier molecular flexibility index (Phi) is 1.99. The topological polar surface area (TPSA) is 49.6 Å². The molecular weight excluding hydrogens is 174 g/mol. The lowest BCUT2D eigenvalue weighted by Gasteiger charge is -2.33. The molecule has 0 unspecified atom stereocenters. The van der Waals surface area contributed by atoms with Crippen LogP contribution in [0.2, 0.25) is 0 Å². The summed E-state index contributed by atoms with van der Waals surface area (Å²) in [5.74, 6) is 0.726. The Morgan fingerprint density at radius 1 is 1.29 bits per heavy atom. The van der Waals surface area contributed by atoms with Crippen molar-refractivity contribution in [2.45, 2.75) is 38.5 Å². The standard InChI is InChI=1S/C11H13N3/c1-8-6-9(2)14-10(13-8)11(7-12)4-3-5-11/h6H,3-5H2,1-2H3. The molecule has 0 spiro atoms. The fourth-order valence-corrected chi connectivity index (χ4v) is 1.86. The van der Waals surface area contributed by atoms with Crippen molar-refractivity contribution in [3.63, 3.8) is 0 Å². The number of hydrogen-bond acceptors (Lipinski definition) is 3. The van der Waals surface area contributed by atoms with Crippen LogP contribution in [-0.4, -0.2) is 9.97 Å². The zero-order chi connectivity index (χ0) is 10.2. The molecule has 2 rings (SSSR count). The normalized spacial score (nSPS) is 18.4. The summed E-state index contributed by atoms with van der Waals surface area (Å²) in [5.41, 5.74) is 1.53. The van der Waals surface area contributed by atoms with Crippen LogP contribution in [0, 0.1) is 25.2 Å². The number of hydrogen-bond donors (Lipinski definition) is 0. The molecule has 0 aliphatic heterocycles. The van der Waals surface area contributed by atoms with Gasteiger partial charge in [-0.1, -0.05) is 0 Å². The predicted octanol–water partition coefficient (Wildman–Crippen LogP) is 2.04. The summed E-state index contributed by atoms with van der Waals surface area (Å²) in [7, 11) is 0. The number of nitriles is 1. The molecule has 0 atom stereocenters. The second-order valence-corrected chi connectivity index (χ2v) is 4.02. The molecule has 1 saturated carbocycles. The zero-order valence-electron chi connectivity index (χ0n) is 8.54. The van der Waals surface area contributed by atoms with Gasteiger partial charge in [0.05, 0.1) is 6.07 Å². The van der Waals surface area contributed by atoms with E-state index in [1.54, 1.807) is 0 Å². The molecule has 0 amide bonds. The fourth-order valence-electron chi connectivity index (χ4n) is 1.86. The van der Waals surface area contributed by atoms with Crippen LogP contribution in [0.3, 0.4) is 0 Å². The highest BCUT2D eigenvalue weighted by Crippen LogP contribution is 2.41. The summed E-state index contributed by atoms with van der Waals surface area (Å²) in [6, 6.07) is 4.30. The molecule has 0 N–H and O–H groups in total. The van der Waals surface area contributed by atoms with Crippen molar-refractivity contribution in [3.8, 4) is 6.07 Å². The summed E-state index contributed by atoms with van der Waals surface area (Å²) in [4.78, 5) is 8.73. The smallest absolute Gasteiger partial charge is 0.149 e. The Labute approximate surface area is 83.8 Å². The van der Waals surface area contributed by atoms with E-state index in [2.05, 4.69) is 16.0 Å². The zero-order valence-corrected chi connectivity index (χ0v) is 8.54. The SMILES string of the molecule is Cc1cc(C)nc(C2(C#N)CCC2)n1. The molecule has 0 aromatic carbocycles. The Morgan fingerprint density at radius 2 is 1.86 bits per heavy atom. The van der Waals surface area contributed by atoms with Gasteiger partial charge in [-0.25, -0.2) is 9.97 Å². The van der Waals surface area contributed by atoms with Crippen LogP contribution in [-0.2, 0) is 5.41 Å². The number of aromatic nitrogens is 2. The highest BCUT2D eigenvalue weighted by molar-refractivity contribution is 5.26. The summed E-state index contributed by atoms with van der Waals surface area (Å²) < 4.78 is 0. The van der Waals surface area contributed by atoms with Crippen molar-refractivity contribution in [2.75, 3.05) is 0 Å². The minimum Gasteiger partial charge on any atom is -0.236 e. The van der Waals surface area contributed by atoms with E-state index >= 15 is 0 Å². The molecule has 72 valence electrons. The largest absolute Gasteiger partial charge is 0.236 e. The van der Waals surface area contributed by atoms with Crippen molar-refractivity contribution in [1.29, 1.82) is 5.26 Å². The van der Waals surface area contributed by atoms with Gasteiger partial charge in [-0.3, -0.25) is 0 Å². The second kappa shape index (κ2) is 3.06. The van der Waals surface area contributed by atoms with Crippen LogP contribution in [0.25, 0.3) is 0 Å². The minimum absolute atomic E-state index is 0.378. The maximum Gasteiger partial charge on any atom is 0.149 e. The lowest BCUT2D eigenvalue weighted by Crippen LogP contribution is -2.34. The van der Waals surface area contributed by atoms with Crippen LogP contribution in [0.1, 0.15) is 36.5 Å². The van der Waals surface area contributed by atoms with Gasteiger partial charge in [0, 0.05) is 11.4 Å². The molecule has 3 heteroatoms. The Bertz CT molecular complexity index is 379. The van der Waals surface area contributed by atoms with E-state index in [0.717, 1.165) is 36.5 Å². The fraction of sp³-hybridized carbons (Fsp3) is 0.545. The quantitative estimate of drug-likeness (QED) is 0.676. The van der Waals surface area contributed by atoms with Crippen molar-refractivity contribution >= 4 is 0 Å². The highest BCUT2D eigenvalue weighted by Gasteiger charge is 2.41. The van der Waals surface area contributed by atoms with Gasteiger partial charge in [0.15, 0.2) is 0 Å². The van der Waals surface area contributed by atoms with E-state index in [1.807, 2.05) is 19.9 Å². The predicted molar refractivity (Wildman–Crippen MR) is 52.6 cm³/mol. The molecule has 1 heterocycles. The van der Waals surface area contributed by atoms with Gasteiger partial charge in [0.2, 0.25) is 0 Å². The molecule has 3 nitrogen and oxygen atoms in total. The molecule has 14 heavy (non-hydrogen) atoms. The minimum atomic E-state index is -0.378. The third-order valence-corrected chi connectivity index (χ3v) is 2.83. The van der Waals surface area contributed by atoms with E-state index < -0.39 is 0 Å². The van der Waals surface area contributed by atoms with Crippen LogP contribution < -0.4 is 0 Å². The van der Waals surface area contributed by atoms with Crippen LogP contribution in [0.15, 0.2) is 6.07 Å². The third-order valence-electron chi connectivity index (χ3n) is 2.83. The Hall–Kier alpha value is -1.43. The van der Waals surface area contributed by atoms with Gasteiger partial charge in [0.1, 0.15) is 11.2 Å². The van der Waals surface area contributed by atoms with Crippen molar-refractivity contribution in [2.24, 2.45) is 0 Å². The maximum absolute atomic E-state index is 9.14. The molecule has 1 aromatic heterocycles. The van der Waals surface area contributed by atoms with Gasteiger partial charge in [-0.05, 0) is 39.2 Å². The summed E-state index contributed by atoms with van der Waals surface area (Å²) in [6.07, 6.45) is 2.93. The lowest BCUT2D eigenvalue weighted by atomic mass is 9.69. The van der Waals surface area contributed by atoms with E-state index in [0.29, 0.717) is 0 Å². The summed E-state index contributed by atoms with van der Waals surface area (Å²) in [5, 5.41) is 9.14. The Balaban J connectivity index is 2.46. The van der Waals surface area contributed by atoms with Crippen LogP contribution in [0.5, 0.6) is 0 Å². The number of aryl methyl sites for hydroxylation is 2. The van der Waals surface area contributed by atoms with E-state index in [1.165, 1.54) is 0 Å². The molecule has 1 fully saturated rings. The van der Waals surface area contributed by atoms with Crippen molar-refractivity contribution in [3.05, 3.63) is 23.3 Å². The first-order valence-electron chi connectivity index (χ1n) is 4.90. The molecule has 0 saturated heterocycles. The van der Waals surface area contributed by atoms with Crippen LogP contribution >= 0.6 is 0 Å². The van der Waals surface area contributed by atoms with Gasteiger partial charge in [-0.2, -0.15) is 5.26 Å². The highest BCUT2D eigenvalue weighted by atomic mass is 14.9. The summed E-state index contributed by atoms with van der Waals surface area (Å²) >= 11 is 0. The van der Waals surface area contributed by atoms with Gasteiger partial charge < -0.3 is 0 Å². The monoisotopic (exact) mass is 187 g/mol. The molecule has 0 bridgehead atoms. The van der Waals surface area contributed by atoms with Crippen molar-refractivity contribution < 1.29 is 0 Å². The number of rotatable bonds is 1. The average molecular weight is 187 g/mol. The first-order chi connectivity index (χ1) is 6.66. The van der Waals surface area contributed by atoms with Gasteiger partial charge >= 0.3 is 0 Å². The number of nitrogens with zero attached hydrogens (tertiary/aromatic N) is 3. The molecule has 1 aliphatic carbocycles. The second-order valence-electron chi connectivity index (χ2n) is 4.02. The van der Waals surface area contributed by atoms with Gasteiger partial charge in [-0.15, -0.1) is 0 Å². The lowest BCUT2D eigenvalue weighted by molar-refractivity contribution is 0.306. The first-order valence-corrected chi connectivity index (χ1v) is 4.90. The van der Waals surface area contributed by atoms with E-state index in [-0.39, 0.29) is 5.41 Å². The molecule has 1 aromatic rings. The summed E-state index contributed by atoms with van der Waals surface area (Å²) in [6.45, 7) is 3.89. The maximum atomic E-state index is 9.14. The molecular formula is C11H13N3. The Morgan fingerprint density at radius 3 is 2.21 bits per heavy atom. The average Bonchev–Trinajstić information content (AvgIpc) is 2.01. The van der Waals surface area contributed by atoms with Crippen LogP contribution in [0.4, 0.5) is 0 Å². The van der Waals surface area contributed by atoms with Gasteiger partial charge in [0.25, 0.3) is 0 Å². The molecule has 0 radical (unpaired) electrons. The van der Waals surface area contributed by atoms with E-state index in [9.17, 15) is 0 Å². The van der Waals surface area contributed by atoms with Crippen molar-refractivity contribution in [1.82, 2.24) is 9.97 Å². The first kappa shape index (κ1) is 9.14. The van der Waals surface area contributed by atoms with E-state index in [4.69, 9.17) is 5.26 Å².